The highest BCUT2D eigenvalue weighted by atomic mass is 35.5. The van der Waals surface area contributed by atoms with Crippen LogP contribution in [-0.4, -0.2) is 44.3 Å². The number of carbonyl (C=O) groups excluding carboxylic acids is 1. The lowest BCUT2D eigenvalue weighted by Crippen LogP contribution is -3.06. The topological polar surface area (TPSA) is 37.6 Å². The van der Waals surface area contributed by atoms with Crippen LogP contribution < -0.4 is 9.80 Å². The van der Waals surface area contributed by atoms with E-state index in [-0.39, 0.29) is 5.91 Å². The molecule has 0 saturated carbocycles. The summed E-state index contributed by atoms with van der Waals surface area (Å²) in [5.41, 5.74) is 1.54. The van der Waals surface area contributed by atoms with Crippen molar-refractivity contribution in [1.29, 1.82) is 0 Å². The van der Waals surface area contributed by atoms with E-state index in [9.17, 15) is 4.79 Å². The van der Waals surface area contributed by atoms with Crippen molar-refractivity contribution >= 4 is 56.0 Å². The van der Waals surface area contributed by atoms with E-state index in [1.165, 1.54) is 16.2 Å². The molecule has 7 heteroatoms. The Morgan fingerprint density at radius 3 is 2.62 bits per heavy atom. The first-order valence-electron chi connectivity index (χ1n) is 8.29. The Balaban J connectivity index is 1.95. The molecule has 0 spiro atoms. The second kappa shape index (κ2) is 8.39. The normalized spacial score (nSPS) is 11.3. The van der Waals surface area contributed by atoms with Gasteiger partial charge in [-0.25, -0.2) is 4.98 Å². The minimum absolute atomic E-state index is 0.0240. The predicted molar refractivity (Wildman–Crippen MR) is 112 cm³/mol. The number of carbonyl (C=O) groups is 1. The van der Waals surface area contributed by atoms with E-state index in [1.54, 1.807) is 16.7 Å². The van der Waals surface area contributed by atoms with E-state index in [2.05, 4.69) is 19.1 Å². The van der Waals surface area contributed by atoms with Gasteiger partial charge in [0.1, 0.15) is 0 Å². The zero-order chi connectivity index (χ0) is 18.7. The number of nitrogens with zero attached hydrogens (tertiary/aromatic N) is 2. The van der Waals surface area contributed by atoms with Crippen molar-refractivity contribution in [3.05, 3.63) is 53.1 Å². The molecule has 1 amide bonds. The molecule has 0 saturated heterocycles. The smallest absolute Gasteiger partial charge is 0.260 e. The Kier molecular flexibility index (Phi) is 6.19. The van der Waals surface area contributed by atoms with Crippen molar-refractivity contribution < 1.29 is 9.69 Å². The number of rotatable bonds is 6. The Hall–Kier alpha value is -1.60. The third-order valence-corrected chi connectivity index (χ3v) is 6.01. The monoisotopic (exact) mass is 406 g/mol. The first-order chi connectivity index (χ1) is 12.5. The summed E-state index contributed by atoms with van der Waals surface area (Å²) in [4.78, 5) is 22.0. The summed E-state index contributed by atoms with van der Waals surface area (Å²) in [5.74, 6) is -0.0240. The largest absolute Gasteiger partial charge is 0.338 e. The molecule has 1 aromatic heterocycles. The molecule has 0 fully saturated rings. The minimum atomic E-state index is -0.0240. The van der Waals surface area contributed by atoms with Crippen LogP contribution in [0.1, 0.15) is 10.4 Å². The fourth-order valence-electron chi connectivity index (χ4n) is 2.51. The van der Waals surface area contributed by atoms with E-state index in [1.807, 2.05) is 48.7 Å². The van der Waals surface area contributed by atoms with Crippen LogP contribution in [0.25, 0.3) is 10.2 Å². The number of halogens is 1. The molecule has 1 heterocycles. The van der Waals surface area contributed by atoms with Crippen LogP contribution >= 0.6 is 34.7 Å². The summed E-state index contributed by atoms with van der Waals surface area (Å²) < 4.78 is 0.986. The summed E-state index contributed by atoms with van der Waals surface area (Å²) in [7, 11) is 4.15. The van der Waals surface area contributed by atoms with Crippen LogP contribution in [0, 0.1) is 0 Å². The summed E-state index contributed by atoms with van der Waals surface area (Å²) in [6, 6.07) is 13.3. The molecule has 0 radical (unpaired) electrons. The summed E-state index contributed by atoms with van der Waals surface area (Å²) >= 11 is 9.25. The van der Waals surface area contributed by atoms with Gasteiger partial charge in [0.25, 0.3) is 5.91 Å². The summed E-state index contributed by atoms with van der Waals surface area (Å²) in [6.45, 7) is 1.45. The van der Waals surface area contributed by atoms with Crippen LogP contribution in [0.15, 0.2) is 47.4 Å². The lowest BCUT2D eigenvalue weighted by Gasteiger charge is -2.20. The van der Waals surface area contributed by atoms with Gasteiger partial charge in [0.15, 0.2) is 5.13 Å². The van der Waals surface area contributed by atoms with Crippen molar-refractivity contribution in [3.63, 3.8) is 0 Å². The SMILES string of the molecule is CSc1ccc(C(=O)N(CC[NH+](C)C)c2nc3ccc(Cl)cc3s2)cc1. The standard InChI is InChI=1S/C19H20ClN3OS2/c1-22(2)10-11-23(18(24)13-4-7-15(25-3)8-5-13)19-21-16-9-6-14(20)12-17(16)26-19/h4-9,12H,10-11H2,1-3H3/p+1. The zero-order valence-corrected chi connectivity index (χ0v) is 17.3. The second-order valence-electron chi connectivity index (χ2n) is 6.25. The van der Waals surface area contributed by atoms with E-state index in [0.717, 1.165) is 21.7 Å². The van der Waals surface area contributed by atoms with Crippen LogP contribution in [-0.2, 0) is 0 Å². The van der Waals surface area contributed by atoms with Gasteiger partial charge in [-0.05, 0) is 48.7 Å². The van der Waals surface area contributed by atoms with Gasteiger partial charge < -0.3 is 4.90 Å². The average Bonchev–Trinajstić information content (AvgIpc) is 3.04. The fourth-order valence-corrected chi connectivity index (χ4v) is 4.18. The van der Waals surface area contributed by atoms with Crippen molar-refractivity contribution in [3.8, 4) is 0 Å². The maximum atomic E-state index is 13.2. The number of benzene rings is 2. The van der Waals surface area contributed by atoms with Gasteiger partial charge in [-0.3, -0.25) is 9.69 Å². The first-order valence-corrected chi connectivity index (χ1v) is 10.7. The zero-order valence-electron chi connectivity index (χ0n) is 15.0. The molecule has 0 atom stereocenters. The fraction of sp³-hybridized carbons (Fsp3) is 0.263. The number of hydrogen-bond donors (Lipinski definition) is 1. The van der Waals surface area contributed by atoms with Crippen LogP contribution in [0.3, 0.4) is 0 Å². The van der Waals surface area contributed by atoms with Gasteiger partial charge >= 0.3 is 0 Å². The molecule has 0 bridgehead atoms. The van der Waals surface area contributed by atoms with Crippen molar-refractivity contribution in [2.45, 2.75) is 4.90 Å². The van der Waals surface area contributed by atoms with Crippen molar-refractivity contribution in [1.82, 2.24) is 4.98 Å². The lowest BCUT2D eigenvalue weighted by molar-refractivity contribution is -0.856. The highest BCUT2D eigenvalue weighted by Crippen LogP contribution is 2.31. The van der Waals surface area contributed by atoms with Gasteiger partial charge in [0.05, 0.1) is 37.4 Å². The predicted octanol–water partition coefficient (Wildman–Crippen LogP) is 3.46. The number of hydrogen-bond acceptors (Lipinski definition) is 4. The van der Waals surface area contributed by atoms with Crippen LogP contribution in [0.2, 0.25) is 5.02 Å². The molecule has 0 unspecified atom stereocenters. The van der Waals surface area contributed by atoms with Gasteiger partial charge in [-0.15, -0.1) is 11.8 Å². The number of aromatic nitrogens is 1. The van der Waals surface area contributed by atoms with E-state index >= 15 is 0 Å². The van der Waals surface area contributed by atoms with Gasteiger partial charge in [-0.2, -0.15) is 0 Å². The number of thiazole rings is 1. The number of quaternary nitrogens is 1. The molecule has 3 aromatic rings. The molecule has 4 nitrogen and oxygen atoms in total. The minimum Gasteiger partial charge on any atom is -0.338 e. The summed E-state index contributed by atoms with van der Waals surface area (Å²) in [6.07, 6.45) is 2.02. The highest BCUT2D eigenvalue weighted by molar-refractivity contribution is 7.98. The molecule has 2 aromatic carbocycles. The lowest BCUT2D eigenvalue weighted by atomic mass is 10.2. The van der Waals surface area contributed by atoms with Crippen molar-refractivity contribution in [2.24, 2.45) is 0 Å². The molecule has 0 aliphatic heterocycles. The van der Waals surface area contributed by atoms with Gasteiger partial charge in [-0.1, -0.05) is 22.9 Å². The Bertz CT molecular complexity index is 909. The average molecular weight is 407 g/mol. The molecule has 1 N–H and O–H groups in total. The van der Waals surface area contributed by atoms with E-state index in [0.29, 0.717) is 22.3 Å². The van der Waals surface area contributed by atoms with Crippen molar-refractivity contribution in [2.75, 3.05) is 38.3 Å². The quantitative estimate of drug-likeness (QED) is 0.637. The first kappa shape index (κ1) is 19.2. The van der Waals surface area contributed by atoms with Gasteiger partial charge in [0.2, 0.25) is 0 Å². The molecule has 26 heavy (non-hydrogen) atoms. The third-order valence-electron chi connectivity index (χ3n) is 3.99. The maximum Gasteiger partial charge on any atom is 0.260 e. The molecule has 0 aliphatic carbocycles. The van der Waals surface area contributed by atoms with Gasteiger partial charge in [0, 0.05) is 15.5 Å². The Labute approximate surface area is 166 Å². The molecule has 3 rings (SSSR count). The van der Waals surface area contributed by atoms with Crippen LogP contribution in [0.5, 0.6) is 0 Å². The number of thioether (sulfide) groups is 1. The van der Waals surface area contributed by atoms with E-state index < -0.39 is 0 Å². The molecule has 0 aliphatic rings. The maximum absolute atomic E-state index is 13.2. The highest BCUT2D eigenvalue weighted by Gasteiger charge is 2.22. The molecular formula is C19H21ClN3OS2+. The van der Waals surface area contributed by atoms with E-state index in [4.69, 9.17) is 11.6 Å². The Morgan fingerprint density at radius 1 is 1.23 bits per heavy atom. The number of nitrogens with one attached hydrogen (secondary N) is 1. The number of fused-ring (bicyclic) bond motifs is 1. The number of anilines is 1. The third kappa shape index (κ3) is 4.38. The molecule has 136 valence electrons. The molecular weight excluding hydrogens is 386 g/mol. The number of likely N-dealkylation sites (N-methyl/N-ethyl adjacent to an activating group) is 1. The Morgan fingerprint density at radius 2 is 1.96 bits per heavy atom. The second-order valence-corrected chi connectivity index (χ2v) is 8.58. The van der Waals surface area contributed by atoms with Crippen LogP contribution in [0.4, 0.5) is 5.13 Å². The summed E-state index contributed by atoms with van der Waals surface area (Å²) in [5, 5.41) is 1.39. The number of amides is 1.